The summed E-state index contributed by atoms with van der Waals surface area (Å²) in [5.74, 6) is -1.86. The van der Waals surface area contributed by atoms with E-state index in [9.17, 15) is 19.5 Å². The predicted molar refractivity (Wildman–Crippen MR) is 93.6 cm³/mol. The van der Waals surface area contributed by atoms with Gasteiger partial charge in [0, 0.05) is 20.8 Å². The van der Waals surface area contributed by atoms with Crippen LogP contribution in [0.15, 0.2) is 30.3 Å². The molecule has 2 rings (SSSR count). The maximum atomic E-state index is 11.6. The fourth-order valence-electron chi connectivity index (χ4n) is 2.84. The summed E-state index contributed by atoms with van der Waals surface area (Å²) < 4.78 is 26.7. The average molecular weight is 396 g/mol. The SMILES string of the molecule is CC(=O)OC[C@H]1O[C@@H](O)[C@@H](OC(C)=O)[C@@H](OCc2ccccc2)[C@@H]1OC(C)=O. The minimum Gasteiger partial charge on any atom is -0.463 e. The Labute approximate surface area is 162 Å². The number of aliphatic hydroxyl groups is 1. The number of carbonyl (C=O) groups excluding carboxylic acids is 3. The monoisotopic (exact) mass is 396 g/mol. The molecule has 0 aliphatic carbocycles. The number of aliphatic hydroxyl groups excluding tert-OH is 1. The molecule has 0 radical (unpaired) electrons. The van der Waals surface area contributed by atoms with Crippen LogP contribution in [0.4, 0.5) is 0 Å². The number of rotatable bonds is 7. The number of hydrogen-bond acceptors (Lipinski definition) is 9. The van der Waals surface area contributed by atoms with Crippen LogP contribution >= 0.6 is 0 Å². The van der Waals surface area contributed by atoms with Crippen molar-refractivity contribution < 1.29 is 43.2 Å². The van der Waals surface area contributed by atoms with Crippen molar-refractivity contribution in [1.29, 1.82) is 0 Å². The first-order valence-corrected chi connectivity index (χ1v) is 8.74. The van der Waals surface area contributed by atoms with Crippen molar-refractivity contribution in [2.24, 2.45) is 0 Å². The highest BCUT2D eigenvalue weighted by Crippen LogP contribution is 2.28. The van der Waals surface area contributed by atoms with Gasteiger partial charge in [-0.15, -0.1) is 0 Å². The smallest absolute Gasteiger partial charge is 0.303 e. The average Bonchev–Trinajstić information content (AvgIpc) is 2.62. The van der Waals surface area contributed by atoms with Gasteiger partial charge in [-0.2, -0.15) is 0 Å². The molecule has 5 atom stereocenters. The van der Waals surface area contributed by atoms with E-state index >= 15 is 0 Å². The fourth-order valence-corrected chi connectivity index (χ4v) is 2.84. The van der Waals surface area contributed by atoms with Crippen LogP contribution < -0.4 is 0 Å². The summed E-state index contributed by atoms with van der Waals surface area (Å²) in [4.78, 5) is 34.2. The van der Waals surface area contributed by atoms with Crippen LogP contribution in [0.3, 0.4) is 0 Å². The van der Waals surface area contributed by atoms with E-state index in [2.05, 4.69) is 0 Å². The van der Waals surface area contributed by atoms with Gasteiger partial charge in [0.1, 0.15) is 18.8 Å². The molecule has 9 heteroatoms. The molecule has 0 spiro atoms. The van der Waals surface area contributed by atoms with Crippen molar-refractivity contribution >= 4 is 17.9 Å². The second kappa shape index (κ2) is 10.2. The fraction of sp³-hybridized carbons (Fsp3) is 0.526. The summed E-state index contributed by atoms with van der Waals surface area (Å²) in [6.07, 6.45) is -5.92. The molecule has 1 aromatic rings. The van der Waals surface area contributed by atoms with Crippen LogP contribution in [0, 0.1) is 0 Å². The standard InChI is InChI=1S/C19H24O9/c1-11(20)24-10-15-16(26-12(2)21)17(18(19(23)28-15)27-13(3)22)25-9-14-7-5-4-6-8-14/h4-8,15-19,23H,9-10H2,1-3H3/t15-,16-,17+,18+,19-/m1/s1. The number of carbonyl (C=O) groups is 3. The first kappa shape index (κ1) is 21.8. The Hall–Kier alpha value is -2.49. The zero-order chi connectivity index (χ0) is 20.7. The largest absolute Gasteiger partial charge is 0.463 e. The number of esters is 3. The van der Waals surface area contributed by atoms with E-state index in [-0.39, 0.29) is 13.2 Å². The third-order valence-electron chi connectivity index (χ3n) is 3.95. The van der Waals surface area contributed by atoms with E-state index in [1.54, 1.807) is 0 Å². The summed E-state index contributed by atoms with van der Waals surface area (Å²) >= 11 is 0. The van der Waals surface area contributed by atoms with Crippen LogP contribution in [0.2, 0.25) is 0 Å². The van der Waals surface area contributed by atoms with Crippen molar-refractivity contribution in [3.8, 4) is 0 Å². The first-order valence-electron chi connectivity index (χ1n) is 8.74. The van der Waals surface area contributed by atoms with Gasteiger partial charge in [0.15, 0.2) is 18.5 Å². The van der Waals surface area contributed by atoms with Crippen LogP contribution in [-0.2, 0) is 44.7 Å². The second-order valence-electron chi connectivity index (χ2n) is 6.28. The molecule has 1 saturated heterocycles. The lowest BCUT2D eigenvalue weighted by Gasteiger charge is -2.43. The Morgan fingerprint density at radius 3 is 2.11 bits per heavy atom. The van der Waals surface area contributed by atoms with E-state index in [4.69, 9.17) is 23.7 Å². The Morgan fingerprint density at radius 2 is 1.54 bits per heavy atom. The van der Waals surface area contributed by atoms with Crippen LogP contribution in [0.5, 0.6) is 0 Å². The minimum absolute atomic E-state index is 0.105. The van der Waals surface area contributed by atoms with Gasteiger partial charge in [-0.05, 0) is 5.56 Å². The van der Waals surface area contributed by atoms with Crippen molar-refractivity contribution in [2.45, 2.75) is 58.1 Å². The normalized spacial score (nSPS) is 26.9. The summed E-state index contributed by atoms with van der Waals surface area (Å²) in [7, 11) is 0. The Morgan fingerprint density at radius 1 is 0.929 bits per heavy atom. The molecule has 0 saturated carbocycles. The summed E-state index contributed by atoms with van der Waals surface area (Å²) in [6, 6.07) is 9.16. The van der Waals surface area contributed by atoms with Crippen molar-refractivity contribution in [3.05, 3.63) is 35.9 Å². The van der Waals surface area contributed by atoms with Crippen LogP contribution in [-0.4, -0.2) is 60.3 Å². The minimum atomic E-state index is -1.56. The highest BCUT2D eigenvalue weighted by Gasteiger charge is 2.50. The van der Waals surface area contributed by atoms with Crippen LogP contribution in [0.25, 0.3) is 0 Å². The van der Waals surface area contributed by atoms with E-state index in [1.165, 1.54) is 20.8 Å². The van der Waals surface area contributed by atoms with Crippen molar-refractivity contribution in [3.63, 3.8) is 0 Å². The molecule has 1 heterocycles. The molecule has 1 aromatic carbocycles. The molecule has 0 bridgehead atoms. The quantitative estimate of drug-likeness (QED) is 0.525. The number of ether oxygens (including phenoxy) is 5. The topological polar surface area (TPSA) is 118 Å². The Bertz CT molecular complexity index is 675. The van der Waals surface area contributed by atoms with Crippen molar-refractivity contribution in [2.75, 3.05) is 6.61 Å². The molecule has 1 aliphatic heterocycles. The summed E-state index contributed by atoms with van der Waals surface area (Å²) in [6.45, 7) is 3.41. The number of benzene rings is 1. The van der Waals surface area contributed by atoms with E-state index in [1.807, 2.05) is 30.3 Å². The third-order valence-corrected chi connectivity index (χ3v) is 3.95. The first-order chi connectivity index (χ1) is 13.3. The van der Waals surface area contributed by atoms with Crippen molar-refractivity contribution in [1.82, 2.24) is 0 Å². The van der Waals surface area contributed by atoms with E-state index < -0.39 is 48.6 Å². The lowest BCUT2D eigenvalue weighted by molar-refractivity contribution is -0.302. The van der Waals surface area contributed by atoms with Gasteiger partial charge in [-0.25, -0.2) is 0 Å². The summed E-state index contributed by atoms with van der Waals surface area (Å²) in [5, 5.41) is 10.3. The maximum absolute atomic E-state index is 11.6. The predicted octanol–water partition coefficient (Wildman–Crippen LogP) is 0.715. The molecule has 0 amide bonds. The van der Waals surface area contributed by atoms with E-state index in [0.717, 1.165) is 5.56 Å². The molecular weight excluding hydrogens is 372 g/mol. The Balaban J connectivity index is 2.26. The van der Waals surface area contributed by atoms with Gasteiger partial charge in [-0.3, -0.25) is 14.4 Å². The zero-order valence-electron chi connectivity index (χ0n) is 15.9. The molecule has 154 valence electrons. The highest BCUT2D eigenvalue weighted by molar-refractivity contribution is 5.67. The lowest BCUT2D eigenvalue weighted by Crippen LogP contribution is -2.62. The van der Waals surface area contributed by atoms with Gasteiger partial charge >= 0.3 is 17.9 Å². The Kier molecular flexibility index (Phi) is 7.91. The lowest BCUT2D eigenvalue weighted by atomic mass is 9.98. The zero-order valence-corrected chi connectivity index (χ0v) is 15.9. The molecule has 0 aromatic heterocycles. The van der Waals surface area contributed by atoms with Gasteiger partial charge in [0.25, 0.3) is 0 Å². The molecule has 9 nitrogen and oxygen atoms in total. The molecule has 1 fully saturated rings. The van der Waals surface area contributed by atoms with Gasteiger partial charge < -0.3 is 28.8 Å². The maximum Gasteiger partial charge on any atom is 0.303 e. The third kappa shape index (κ3) is 6.29. The van der Waals surface area contributed by atoms with E-state index in [0.29, 0.717) is 0 Å². The summed E-state index contributed by atoms with van der Waals surface area (Å²) in [5.41, 5.74) is 0.822. The molecule has 0 unspecified atom stereocenters. The van der Waals surface area contributed by atoms with Gasteiger partial charge in [0.05, 0.1) is 6.61 Å². The van der Waals surface area contributed by atoms with Gasteiger partial charge in [-0.1, -0.05) is 30.3 Å². The molecular formula is C19H24O9. The molecule has 1 N–H and O–H groups in total. The highest BCUT2D eigenvalue weighted by atomic mass is 16.7. The second-order valence-corrected chi connectivity index (χ2v) is 6.28. The molecule has 28 heavy (non-hydrogen) atoms. The van der Waals surface area contributed by atoms with Crippen LogP contribution in [0.1, 0.15) is 26.3 Å². The van der Waals surface area contributed by atoms with Gasteiger partial charge in [0.2, 0.25) is 0 Å². The molecule has 1 aliphatic rings. The number of hydrogen-bond donors (Lipinski definition) is 1.